The smallest absolute Gasteiger partial charge is 0.142 e. The molecule has 1 fully saturated rings. The van der Waals surface area contributed by atoms with Gasteiger partial charge in [0, 0.05) is 17.4 Å². The second-order valence-electron chi connectivity index (χ2n) is 4.59. The van der Waals surface area contributed by atoms with Crippen molar-refractivity contribution in [1.82, 2.24) is 5.32 Å². The van der Waals surface area contributed by atoms with Crippen molar-refractivity contribution in [3.63, 3.8) is 0 Å². The van der Waals surface area contributed by atoms with Crippen molar-refractivity contribution >= 4 is 27.5 Å². The van der Waals surface area contributed by atoms with Gasteiger partial charge in [0.1, 0.15) is 11.4 Å². The van der Waals surface area contributed by atoms with Crippen LogP contribution in [-0.2, 0) is 6.42 Å². The van der Waals surface area contributed by atoms with E-state index >= 15 is 0 Å². The lowest BCUT2D eigenvalue weighted by molar-refractivity contribution is 0.0665. The van der Waals surface area contributed by atoms with Crippen molar-refractivity contribution in [3.8, 4) is 5.75 Å². The average Bonchev–Trinajstić information content (AvgIpc) is 2.68. The molecule has 2 aliphatic heterocycles. The van der Waals surface area contributed by atoms with Crippen molar-refractivity contribution in [2.24, 2.45) is 0 Å². The lowest BCUT2D eigenvalue weighted by atomic mass is 9.90. The first-order chi connectivity index (χ1) is 7.69. The van der Waals surface area contributed by atoms with Gasteiger partial charge in [0.25, 0.3) is 0 Å². The monoisotopic (exact) mass is 301 g/mol. The minimum absolute atomic E-state index is 0.00945. The van der Waals surface area contributed by atoms with Crippen LogP contribution in [0.2, 0.25) is 5.02 Å². The number of ether oxygens (including phenoxy) is 1. The number of benzene rings is 1. The van der Waals surface area contributed by atoms with Crippen LogP contribution in [0.3, 0.4) is 0 Å². The molecule has 2 nitrogen and oxygen atoms in total. The molecule has 0 radical (unpaired) electrons. The minimum Gasteiger partial charge on any atom is -0.484 e. The third-order valence-electron chi connectivity index (χ3n) is 3.46. The molecule has 0 bridgehead atoms. The molecule has 1 N–H and O–H groups in total. The van der Waals surface area contributed by atoms with Crippen molar-refractivity contribution < 1.29 is 4.74 Å². The maximum absolute atomic E-state index is 6.23. The molecule has 0 amide bonds. The van der Waals surface area contributed by atoms with E-state index in [0.717, 1.165) is 47.6 Å². The van der Waals surface area contributed by atoms with E-state index in [2.05, 4.69) is 27.3 Å². The Hall–Kier alpha value is -0.250. The summed E-state index contributed by atoms with van der Waals surface area (Å²) in [5.41, 5.74) is 1.21. The maximum Gasteiger partial charge on any atom is 0.142 e. The first-order valence-corrected chi connectivity index (χ1v) is 6.73. The quantitative estimate of drug-likeness (QED) is 0.795. The molecule has 2 aliphatic rings. The average molecular weight is 303 g/mol. The topological polar surface area (TPSA) is 21.3 Å². The van der Waals surface area contributed by atoms with E-state index in [9.17, 15) is 0 Å². The number of aryl methyl sites for hydroxylation is 1. The SMILES string of the molecule is Clc1cc(Br)cc2c1OC1(CCNC1)CC2. The summed E-state index contributed by atoms with van der Waals surface area (Å²) in [6.45, 7) is 1.99. The van der Waals surface area contributed by atoms with Crippen molar-refractivity contribution in [1.29, 1.82) is 0 Å². The first kappa shape index (κ1) is 10.9. The summed E-state index contributed by atoms with van der Waals surface area (Å²) in [5, 5.41) is 4.09. The summed E-state index contributed by atoms with van der Waals surface area (Å²) in [6.07, 6.45) is 3.22. The zero-order valence-electron chi connectivity index (χ0n) is 8.85. The van der Waals surface area contributed by atoms with Crippen LogP contribution in [0.5, 0.6) is 5.75 Å². The maximum atomic E-state index is 6.23. The van der Waals surface area contributed by atoms with Crippen LogP contribution in [-0.4, -0.2) is 18.7 Å². The van der Waals surface area contributed by atoms with Gasteiger partial charge in [0.2, 0.25) is 0 Å². The van der Waals surface area contributed by atoms with Gasteiger partial charge < -0.3 is 10.1 Å². The van der Waals surface area contributed by atoms with E-state index in [1.807, 2.05) is 6.07 Å². The van der Waals surface area contributed by atoms with Gasteiger partial charge in [-0.25, -0.2) is 0 Å². The van der Waals surface area contributed by atoms with Crippen LogP contribution >= 0.6 is 27.5 Å². The molecule has 0 saturated carbocycles. The fourth-order valence-electron chi connectivity index (χ4n) is 2.56. The van der Waals surface area contributed by atoms with Gasteiger partial charge in [-0.15, -0.1) is 0 Å². The van der Waals surface area contributed by atoms with Crippen LogP contribution in [0.1, 0.15) is 18.4 Å². The highest BCUT2D eigenvalue weighted by atomic mass is 79.9. The van der Waals surface area contributed by atoms with Crippen LogP contribution < -0.4 is 10.1 Å². The third kappa shape index (κ3) is 1.75. The minimum atomic E-state index is -0.00945. The molecule has 1 saturated heterocycles. The molecule has 0 aliphatic carbocycles. The summed E-state index contributed by atoms with van der Waals surface area (Å²) in [5.74, 6) is 0.889. The molecular weight excluding hydrogens is 289 g/mol. The predicted molar refractivity (Wildman–Crippen MR) is 68.3 cm³/mol. The van der Waals surface area contributed by atoms with Crippen LogP contribution in [0, 0.1) is 0 Å². The molecule has 4 heteroatoms. The van der Waals surface area contributed by atoms with E-state index in [1.54, 1.807) is 0 Å². The van der Waals surface area contributed by atoms with Crippen LogP contribution in [0.25, 0.3) is 0 Å². The van der Waals surface area contributed by atoms with Gasteiger partial charge in [-0.2, -0.15) is 0 Å². The lowest BCUT2D eigenvalue weighted by Gasteiger charge is -2.35. The Morgan fingerprint density at radius 2 is 2.25 bits per heavy atom. The van der Waals surface area contributed by atoms with Crippen molar-refractivity contribution in [2.45, 2.75) is 24.9 Å². The highest BCUT2D eigenvalue weighted by Gasteiger charge is 2.39. The molecule has 3 rings (SSSR count). The number of halogens is 2. The Balaban J connectivity index is 1.99. The number of rotatable bonds is 0. The molecule has 1 atom stereocenters. The van der Waals surface area contributed by atoms with Gasteiger partial charge in [-0.1, -0.05) is 27.5 Å². The Labute approximate surface area is 108 Å². The van der Waals surface area contributed by atoms with E-state index in [1.165, 1.54) is 5.56 Å². The number of hydrogen-bond donors (Lipinski definition) is 1. The van der Waals surface area contributed by atoms with E-state index in [0.29, 0.717) is 0 Å². The summed E-state index contributed by atoms with van der Waals surface area (Å²) < 4.78 is 7.18. The molecule has 0 aromatic heterocycles. The molecule has 1 spiro atoms. The van der Waals surface area contributed by atoms with Gasteiger partial charge >= 0.3 is 0 Å². The molecular formula is C12H13BrClNO. The van der Waals surface area contributed by atoms with Gasteiger partial charge in [-0.05, 0) is 37.1 Å². The Morgan fingerprint density at radius 3 is 3.00 bits per heavy atom. The molecule has 16 heavy (non-hydrogen) atoms. The highest BCUT2D eigenvalue weighted by molar-refractivity contribution is 9.10. The van der Waals surface area contributed by atoms with E-state index < -0.39 is 0 Å². The normalized spacial score (nSPS) is 27.9. The fraction of sp³-hybridized carbons (Fsp3) is 0.500. The van der Waals surface area contributed by atoms with Crippen molar-refractivity contribution in [2.75, 3.05) is 13.1 Å². The van der Waals surface area contributed by atoms with Crippen molar-refractivity contribution in [3.05, 3.63) is 27.2 Å². The van der Waals surface area contributed by atoms with E-state index in [-0.39, 0.29) is 5.60 Å². The lowest BCUT2D eigenvalue weighted by Crippen LogP contribution is -2.41. The first-order valence-electron chi connectivity index (χ1n) is 5.56. The summed E-state index contributed by atoms with van der Waals surface area (Å²) in [7, 11) is 0. The highest BCUT2D eigenvalue weighted by Crippen LogP contribution is 2.42. The number of hydrogen-bond acceptors (Lipinski definition) is 2. The standard InChI is InChI=1S/C12H13BrClNO/c13-9-5-8-1-2-12(3-4-15-7-12)16-11(8)10(14)6-9/h5-6,15H,1-4,7H2. The summed E-state index contributed by atoms with van der Waals surface area (Å²) in [4.78, 5) is 0. The molecule has 1 unspecified atom stereocenters. The molecule has 1 aromatic carbocycles. The molecule has 2 heterocycles. The zero-order valence-corrected chi connectivity index (χ0v) is 11.2. The Kier molecular flexibility index (Phi) is 2.65. The largest absolute Gasteiger partial charge is 0.484 e. The summed E-state index contributed by atoms with van der Waals surface area (Å²) >= 11 is 9.70. The van der Waals surface area contributed by atoms with E-state index in [4.69, 9.17) is 16.3 Å². The fourth-order valence-corrected chi connectivity index (χ4v) is 3.48. The molecule has 86 valence electrons. The Morgan fingerprint density at radius 1 is 1.38 bits per heavy atom. The predicted octanol–water partition coefficient (Wildman–Crippen LogP) is 3.16. The second kappa shape index (κ2) is 3.90. The molecule has 1 aromatic rings. The van der Waals surface area contributed by atoms with Gasteiger partial charge in [-0.3, -0.25) is 0 Å². The van der Waals surface area contributed by atoms with Crippen LogP contribution in [0.15, 0.2) is 16.6 Å². The third-order valence-corrected chi connectivity index (χ3v) is 4.20. The number of nitrogens with one attached hydrogen (secondary N) is 1. The Bertz CT molecular complexity index is 429. The van der Waals surface area contributed by atoms with Gasteiger partial charge in [0.15, 0.2) is 0 Å². The summed E-state index contributed by atoms with van der Waals surface area (Å²) in [6, 6.07) is 4.01. The van der Waals surface area contributed by atoms with Crippen LogP contribution in [0.4, 0.5) is 0 Å². The zero-order chi connectivity index (χ0) is 11.2. The second-order valence-corrected chi connectivity index (χ2v) is 5.91. The number of fused-ring (bicyclic) bond motifs is 1. The van der Waals surface area contributed by atoms with Gasteiger partial charge in [0.05, 0.1) is 5.02 Å².